The van der Waals surface area contributed by atoms with E-state index in [1.54, 1.807) is 10.7 Å². The average molecular weight is 283 g/mol. The Kier molecular flexibility index (Phi) is 3.25. The topological polar surface area (TPSA) is 60.1 Å². The van der Waals surface area contributed by atoms with E-state index in [1.165, 1.54) is 0 Å². The smallest absolute Gasteiger partial charge is 0.292 e. The summed E-state index contributed by atoms with van der Waals surface area (Å²) in [5, 5.41) is 8.14. The van der Waals surface area contributed by atoms with Crippen molar-refractivity contribution in [3.05, 3.63) is 47.9 Å². The van der Waals surface area contributed by atoms with Crippen LogP contribution >= 0.6 is 0 Å². The highest BCUT2D eigenvalue weighted by Crippen LogP contribution is 2.21. The molecule has 0 aliphatic heterocycles. The first-order chi connectivity index (χ1) is 10.0. The normalized spacial score (nSPS) is 11.2. The molecule has 0 fully saturated rings. The second kappa shape index (κ2) is 5.09. The van der Waals surface area contributed by atoms with Crippen LogP contribution in [0.1, 0.15) is 36.1 Å². The number of anilines is 1. The summed E-state index contributed by atoms with van der Waals surface area (Å²) in [5.74, 6) is 0.700. The second-order valence-corrected chi connectivity index (χ2v) is 5.31. The van der Waals surface area contributed by atoms with Crippen molar-refractivity contribution < 1.29 is 9.21 Å². The van der Waals surface area contributed by atoms with Gasteiger partial charge in [0.25, 0.3) is 5.91 Å². The Morgan fingerprint density at radius 2 is 2.05 bits per heavy atom. The first-order valence-electron chi connectivity index (χ1n) is 6.90. The minimum Gasteiger partial charge on any atom is -0.451 e. The molecule has 1 N–H and O–H groups in total. The van der Waals surface area contributed by atoms with E-state index in [0.717, 1.165) is 11.1 Å². The van der Waals surface area contributed by atoms with E-state index >= 15 is 0 Å². The molecule has 2 aromatic heterocycles. The summed E-state index contributed by atoms with van der Waals surface area (Å²) in [6.45, 7) is 5.93. The highest BCUT2D eigenvalue weighted by molar-refractivity contribution is 6.04. The largest absolute Gasteiger partial charge is 0.451 e. The number of hydrogen-bond donors (Lipinski definition) is 1. The van der Waals surface area contributed by atoms with Crippen molar-refractivity contribution in [1.82, 2.24) is 9.78 Å². The molecule has 2 heterocycles. The van der Waals surface area contributed by atoms with E-state index in [-0.39, 0.29) is 11.9 Å². The zero-order valence-electron chi connectivity index (χ0n) is 12.3. The summed E-state index contributed by atoms with van der Waals surface area (Å²) in [6.07, 6.45) is 0. The van der Waals surface area contributed by atoms with E-state index in [9.17, 15) is 4.79 Å². The summed E-state index contributed by atoms with van der Waals surface area (Å²) in [4.78, 5) is 12.3. The van der Waals surface area contributed by atoms with Gasteiger partial charge in [-0.3, -0.25) is 4.79 Å². The fourth-order valence-electron chi connectivity index (χ4n) is 2.28. The number of rotatable bonds is 3. The Bertz CT molecular complexity index is 766. The number of para-hydroxylation sites is 1. The molecule has 108 valence electrons. The predicted molar refractivity (Wildman–Crippen MR) is 81.5 cm³/mol. The third-order valence-electron chi connectivity index (χ3n) is 3.24. The molecule has 0 saturated heterocycles. The van der Waals surface area contributed by atoms with Gasteiger partial charge in [0.05, 0.1) is 5.69 Å². The van der Waals surface area contributed by atoms with Crippen LogP contribution in [0.25, 0.3) is 11.0 Å². The van der Waals surface area contributed by atoms with E-state index in [2.05, 4.69) is 10.4 Å². The van der Waals surface area contributed by atoms with Crippen LogP contribution in [0.4, 0.5) is 5.82 Å². The van der Waals surface area contributed by atoms with Crippen LogP contribution in [0, 0.1) is 6.92 Å². The minimum absolute atomic E-state index is 0.171. The van der Waals surface area contributed by atoms with E-state index < -0.39 is 0 Å². The maximum atomic E-state index is 12.3. The molecule has 0 radical (unpaired) electrons. The number of fused-ring (bicyclic) bond motifs is 1. The van der Waals surface area contributed by atoms with Crippen LogP contribution in [0.2, 0.25) is 0 Å². The first kappa shape index (κ1) is 13.4. The Morgan fingerprint density at radius 3 is 2.76 bits per heavy atom. The van der Waals surface area contributed by atoms with Crippen molar-refractivity contribution >= 4 is 22.7 Å². The van der Waals surface area contributed by atoms with Gasteiger partial charge in [-0.05, 0) is 32.9 Å². The van der Waals surface area contributed by atoms with E-state index in [0.29, 0.717) is 17.2 Å². The highest BCUT2D eigenvalue weighted by atomic mass is 16.3. The van der Waals surface area contributed by atoms with Gasteiger partial charge in [0.15, 0.2) is 5.76 Å². The maximum Gasteiger partial charge on any atom is 0.292 e. The zero-order chi connectivity index (χ0) is 15.0. The molecular formula is C16H17N3O2. The number of nitrogens with zero attached hydrogens (tertiary/aromatic N) is 2. The van der Waals surface area contributed by atoms with Crippen molar-refractivity contribution in [2.75, 3.05) is 5.32 Å². The number of furan rings is 1. The molecule has 3 rings (SSSR count). The van der Waals surface area contributed by atoms with Crippen molar-refractivity contribution in [3.8, 4) is 0 Å². The van der Waals surface area contributed by atoms with E-state index in [1.807, 2.05) is 51.1 Å². The Hall–Kier alpha value is -2.56. The number of aryl methyl sites for hydroxylation is 1. The SMILES string of the molecule is Cc1cc(NC(=O)c2cc3ccccc3o2)n(C(C)C)n1. The highest BCUT2D eigenvalue weighted by Gasteiger charge is 2.16. The van der Waals surface area contributed by atoms with Gasteiger partial charge in [0, 0.05) is 17.5 Å². The van der Waals surface area contributed by atoms with Crippen LogP contribution in [-0.2, 0) is 0 Å². The number of amides is 1. The lowest BCUT2D eigenvalue weighted by Gasteiger charge is -2.10. The Morgan fingerprint density at radius 1 is 1.29 bits per heavy atom. The molecule has 0 spiro atoms. The molecule has 21 heavy (non-hydrogen) atoms. The lowest BCUT2D eigenvalue weighted by molar-refractivity contribution is 0.0997. The number of carbonyl (C=O) groups is 1. The van der Waals surface area contributed by atoms with Gasteiger partial charge < -0.3 is 9.73 Å². The minimum atomic E-state index is -0.270. The van der Waals surface area contributed by atoms with Gasteiger partial charge >= 0.3 is 0 Å². The van der Waals surface area contributed by atoms with Crippen molar-refractivity contribution in [2.45, 2.75) is 26.8 Å². The van der Waals surface area contributed by atoms with Crippen LogP contribution in [0.5, 0.6) is 0 Å². The monoisotopic (exact) mass is 283 g/mol. The number of benzene rings is 1. The molecule has 0 bridgehead atoms. The molecule has 3 aromatic rings. The molecule has 0 unspecified atom stereocenters. The zero-order valence-corrected chi connectivity index (χ0v) is 12.3. The first-order valence-corrected chi connectivity index (χ1v) is 6.90. The molecular weight excluding hydrogens is 266 g/mol. The number of carbonyl (C=O) groups excluding carboxylic acids is 1. The Labute approximate surface area is 122 Å². The van der Waals surface area contributed by atoms with Crippen LogP contribution < -0.4 is 5.32 Å². The molecule has 0 saturated carbocycles. The quantitative estimate of drug-likeness (QED) is 0.796. The van der Waals surface area contributed by atoms with Gasteiger partial charge in [0.1, 0.15) is 11.4 Å². The van der Waals surface area contributed by atoms with Gasteiger partial charge in [-0.15, -0.1) is 0 Å². The lowest BCUT2D eigenvalue weighted by Crippen LogP contribution is -2.16. The molecule has 1 amide bonds. The summed E-state index contributed by atoms with van der Waals surface area (Å²) in [7, 11) is 0. The summed E-state index contributed by atoms with van der Waals surface area (Å²) >= 11 is 0. The van der Waals surface area contributed by atoms with Crippen LogP contribution in [0.3, 0.4) is 0 Å². The van der Waals surface area contributed by atoms with E-state index in [4.69, 9.17) is 4.42 Å². The average Bonchev–Trinajstić information content (AvgIpc) is 3.02. The number of hydrogen-bond acceptors (Lipinski definition) is 3. The third kappa shape index (κ3) is 2.54. The van der Waals surface area contributed by atoms with Crippen LogP contribution in [0.15, 0.2) is 40.8 Å². The second-order valence-electron chi connectivity index (χ2n) is 5.31. The predicted octanol–water partition coefficient (Wildman–Crippen LogP) is 3.77. The molecule has 0 aliphatic carbocycles. The summed E-state index contributed by atoms with van der Waals surface area (Å²) < 4.78 is 7.36. The lowest BCUT2D eigenvalue weighted by atomic mass is 10.2. The molecule has 0 atom stereocenters. The molecule has 1 aromatic carbocycles. The fourth-order valence-corrected chi connectivity index (χ4v) is 2.28. The van der Waals surface area contributed by atoms with Gasteiger partial charge in [-0.1, -0.05) is 18.2 Å². The van der Waals surface area contributed by atoms with Crippen molar-refractivity contribution in [1.29, 1.82) is 0 Å². The summed E-state index contributed by atoms with van der Waals surface area (Å²) in [5.41, 5.74) is 1.57. The standard InChI is InChI=1S/C16H17N3O2/c1-10(2)19-15(8-11(3)18-19)17-16(20)14-9-12-6-4-5-7-13(12)21-14/h4-10H,1-3H3,(H,17,20). The maximum absolute atomic E-state index is 12.3. The van der Waals surface area contributed by atoms with Crippen LogP contribution in [-0.4, -0.2) is 15.7 Å². The van der Waals surface area contributed by atoms with Gasteiger partial charge in [-0.25, -0.2) is 4.68 Å². The van der Waals surface area contributed by atoms with Gasteiger partial charge in [0.2, 0.25) is 0 Å². The summed E-state index contributed by atoms with van der Waals surface area (Å²) in [6, 6.07) is 11.3. The van der Waals surface area contributed by atoms with Crippen molar-refractivity contribution in [2.24, 2.45) is 0 Å². The number of nitrogens with one attached hydrogen (secondary N) is 1. The number of aromatic nitrogens is 2. The Balaban J connectivity index is 1.89. The molecule has 5 heteroatoms. The van der Waals surface area contributed by atoms with Gasteiger partial charge in [-0.2, -0.15) is 5.10 Å². The molecule has 0 aliphatic rings. The molecule has 5 nitrogen and oxygen atoms in total. The third-order valence-corrected chi connectivity index (χ3v) is 3.24. The fraction of sp³-hybridized carbons (Fsp3) is 0.250. The van der Waals surface area contributed by atoms with Crippen molar-refractivity contribution in [3.63, 3.8) is 0 Å².